The largest absolute Gasteiger partial charge is 0.427 e. The highest BCUT2D eigenvalue weighted by Gasteiger charge is 2.69. The number of hydrogen-bond donors (Lipinski definition) is 0. The van der Waals surface area contributed by atoms with Gasteiger partial charge in [-0.1, -0.05) is 39.3 Å². The Balaban J connectivity index is 1.57. The Morgan fingerprint density at radius 3 is 2.26 bits per heavy atom. The number of amides is 3. The number of nitrogens with zero attached hydrogens (tertiary/aromatic N) is 2. The van der Waals surface area contributed by atoms with Gasteiger partial charge in [-0.05, 0) is 67.2 Å². The molecule has 1 aromatic rings. The number of esters is 1. The van der Waals surface area contributed by atoms with Gasteiger partial charge in [0.15, 0.2) is 0 Å². The highest BCUT2D eigenvalue weighted by atomic mass is 16.5. The van der Waals surface area contributed by atoms with Crippen LogP contribution in [0.2, 0.25) is 0 Å². The van der Waals surface area contributed by atoms with Gasteiger partial charge in [0.1, 0.15) is 11.8 Å². The zero-order valence-electron chi connectivity index (χ0n) is 21.4. The molecule has 1 saturated carbocycles. The first-order valence-corrected chi connectivity index (χ1v) is 12.6. The van der Waals surface area contributed by atoms with E-state index in [0.29, 0.717) is 18.0 Å². The van der Waals surface area contributed by atoms with E-state index in [9.17, 15) is 19.2 Å². The van der Waals surface area contributed by atoms with Crippen molar-refractivity contribution in [2.45, 2.75) is 79.2 Å². The van der Waals surface area contributed by atoms with Crippen molar-refractivity contribution in [3.8, 4) is 5.75 Å². The average molecular weight is 481 g/mol. The first-order chi connectivity index (χ1) is 16.4. The van der Waals surface area contributed by atoms with Crippen LogP contribution in [0.1, 0.15) is 73.1 Å². The van der Waals surface area contributed by atoms with E-state index in [-0.39, 0.29) is 40.9 Å². The molecule has 4 rings (SSSR count). The summed E-state index contributed by atoms with van der Waals surface area (Å²) in [5.41, 5.74) is 1.42. The molecule has 2 fully saturated rings. The quantitative estimate of drug-likeness (QED) is 0.246. The van der Waals surface area contributed by atoms with Crippen LogP contribution in [0.3, 0.4) is 0 Å². The number of anilines is 1. The van der Waals surface area contributed by atoms with Crippen molar-refractivity contribution < 1.29 is 23.9 Å². The van der Waals surface area contributed by atoms with E-state index in [1.165, 1.54) is 18.9 Å². The van der Waals surface area contributed by atoms with Crippen molar-refractivity contribution in [3.05, 3.63) is 35.9 Å². The highest BCUT2D eigenvalue weighted by Crippen LogP contribution is 2.69. The van der Waals surface area contributed by atoms with Gasteiger partial charge in [-0.2, -0.15) is 0 Å². The number of ether oxygens (including phenoxy) is 1. The third kappa shape index (κ3) is 4.65. The number of imide groups is 1. The first-order valence-electron chi connectivity index (χ1n) is 12.6. The molecule has 0 radical (unpaired) electrons. The molecular weight excluding hydrogens is 444 g/mol. The fraction of sp³-hybridized carbons (Fsp3) is 0.571. The Kier molecular flexibility index (Phi) is 6.64. The molecule has 188 valence electrons. The lowest BCUT2D eigenvalue weighted by Crippen LogP contribution is -2.47. The summed E-state index contributed by atoms with van der Waals surface area (Å²) >= 11 is 0. The Hall–Kier alpha value is -2.96. The third-order valence-electron chi connectivity index (χ3n) is 8.47. The van der Waals surface area contributed by atoms with Crippen LogP contribution >= 0.6 is 0 Å². The summed E-state index contributed by atoms with van der Waals surface area (Å²) in [6.45, 7) is 10.1. The molecule has 0 bridgehead atoms. The monoisotopic (exact) mass is 480 g/mol. The maximum atomic E-state index is 13.8. The lowest BCUT2D eigenvalue weighted by molar-refractivity contribution is -0.140. The molecule has 7 nitrogen and oxygen atoms in total. The van der Waals surface area contributed by atoms with Gasteiger partial charge in [0.2, 0.25) is 11.8 Å². The normalized spacial score (nSPS) is 23.2. The van der Waals surface area contributed by atoms with E-state index in [0.717, 1.165) is 30.6 Å². The summed E-state index contributed by atoms with van der Waals surface area (Å²) in [6, 6.07) is 5.47. The second kappa shape index (κ2) is 9.25. The average Bonchev–Trinajstić information content (AvgIpc) is 3.02. The molecule has 1 unspecified atom stereocenters. The number of rotatable bonds is 7. The zero-order chi connectivity index (χ0) is 25.5. The predicted octanol–water partition coefficient (Wildman–Crippen LogP) is 4.65. The van der Waals surface area contributed by atoms with Crippen LogP contribution in [0.5, 0.6) is 5.75 Å². The lowest BCUT2D eigenvalue weighted by Gasteiger charge is -2.29. The van der Waals surface area contributed by atoms with Gasteiger partial charge in [0.25, 0.3) is 5.91 Å². The molecule has 1 aliphatic heterocycles. The van der Waals surface area contributed by atoms with Crippen molar-refractivity contribution in [1.82, 2.24) is 4.90 Å². The molecule has 0 N–H and O–H groups in total. The number of hydrogen-bond acceptors (Lipinski definition) is 5. The van der Waals surface area contributed by atoms with E-state index in [1.807, 2.05) is 0 Å². The molecule has 1 aromatic carbocycles. The number of carbonyl (C=O) groups is 4. The second-order valence-electron chi connectivity index (χ2n) is 11.1. The van der Waals surface area contributed by atoms with Crippen LogP contribution in [0.4, 0.5) is 5.69 Å². The molecule has 7 heteroatoms. The Labute approximate surface area is 207 Å². The molecule has 0 spiro atoms. The molecule has 3 amide bonds. The van der Waals surface area contributed by atoms with Gasteiger partial charge in [-0.25, -0.2) is 4.90 Å². The summed E-state index contributed by atoms with van der Waals surface area (Å²) in [5.74, 6) is -1.03. The fourth-order valence-electron chi connectivity index (χ4n) is 5.75. The highest BCUT2D eigenvalue weighted by molar-refractivity contribution is 6.23. The SMILES string of the molecule is CC(=O)Oc1ccc(N2C(=O)CC(N(CCC3=CCCCC3)C(=O)C3C(C)(C)C3(C)C)C2=O)cc1. The molecule has 1 heterocycles. The summed E-state index contributed by atoms with van der Waals surface area (Å²) in [4.78, 5) is 54.4. The molecule has 0 aromatic heterocycles. The van der Waals surface area contributed by atoms with Crippen molar-refractivity contribution >= 4 is 29.4 Å². The summed E-state index contributed by atoms with van der Waals surface area (Å²) in [5, 5.41) is 0. The van der Waals surface area contributed by atoms with Crippen molar-refractivity contribution in [2.24, 2.45) is 16.7 Å². The van der Waals surface area contributed by atoms with E-state index in [1.54, 1.807) is 29.2 Å². The number of carbonyl (C=O) groups excluding carboxylic acids is 4. The molecule has 2 aliphatic carbocycles. The maximum Gasteiger partial charge on any atom is 0.308 e. The van der Waals surface area contributed by atoms with Crippen molar-refractivity contribution in [1.29, 1.82) is 0 Å². The zero-order valence-corrected chi connectivity index (χ0v) is 21.4. The Bertz CT molecular complexity index is 1060. The minimum absolute atomic E-state index is 0.0249. The maximum absolute atomic E-state index is 13.8. The topological polar surface area (TPSA) is 84.0 Å². The smallest absolute Gasteiger partial charge is 0.308 e. The first kappa shape index (κ1) is 25.1. The van der Waals surface area contributed by atoms with Crippen LogP contribution < -0.4 is 9.64 Å². The van der Waals surface area contributed by atoms with Gasteiger partial charge in [0.05, 0.1) is 12.1 Å². The van der Waals surface area contributed by atoms with E-state index in [2.05, 4.69) is 33.8 Å². The van der Waals surface area contributed by atoms with Crippen LogP contribution in [-0.4, -0.2) is 41.2 Å². The Morgan fingerprint density at radius 2 is 1.71 bits per heavy atom. The minimum atomic E-state index is -0.806. The van der Waals surface area contributed by atoms with Gasteiger partial charge in [0, 0.05) is 19.4 Å². The number of allylic oxidation sites excluding steroid dienone is 1. The van der Waals surface area contributed by atoms with Gasteiger partial charge < -0.3 is 9.64 Å². The molecule has 35 heavy (non-hydrogen) atoms. The molecule has 1 saturated heterocycles. The standard InChI is InChI=1S/C28H36N2O5/c1-18(31)35-21-13-11-20(12-14-21)30-23(32)17-22(25(30)33)29(16-15-19-9-7-6-8-10-19)26(34)24-27(2,3)28(24,4)5/h9,11-14,22,24H,6-8,10,15-17H2,1-5H3. The third-order valence-corrected chi connectivity index (χ3v) is 8.47. The van der Waals surface area contributed by atoms with Crippen molar-refractivity contribution in [2.75, 3.05) is 11.4 Å². The van der Waals surface area contributed by atoms with Crippen LogP contribution in [0.25, 0.3) is 0 Å². The van der Waals surface area contributed by atoms with E-state index in [4.69, 9.17) is 4.74 Å². The van der Waals surface area contributed by atoms with Crippen LogP contribution in [0, 0.1) is 16.7 Å². The summed E-state index contributed by atoms with van der Waals surface area (Å²) in [6.07, 6.45) is 7.40. The van der Waals surface area contributed by atoms with E-state index < -0.39 is 12.0 Å². The minimum Gasteiger partial charge on any atom is -0.427 e. The van der Waals surface area contributed by atoms with Crippen LogP contribution in [-0.2, 0) is 19.2 Å². The fourth-order valence-corrected chi connectivity index (χ4v) is 5.75. The molecule has 3 aliphatic rings. The van der Waals surface area contributed by atoms with E-state index >= 15 is 0 Å². The van der Waals surface area contributed by atoms with Gasteiger partial charge in [-0.15, -0.1) is 0 Å². The summed E-state index contributed by atoms with van der Waals surface area (Å²) < 4.78 is 5.05. The second-order valence-corrected chi connectivity index (χ2v) is 11.1. The van der Waals surface area contributed by atoms with Crippen LogP contribution in [0.15, 0.2) is 35.9 Å². The lowest BCUT2D eigenvalue weighted by atomic mass is 9.96. The van der Waals surface area contributed by atoms with Crippen molar-refractivity contribution in [3.63, 3.8) is 0 Å². The summed E-state index contributed by atoms with van der Waals surface area (Å²) in [7, 11) is 0. The molecular formula is C28H36N2O5. The molecule has 1 atom stereocenters. The van der Waals surface area contributed by atoms with Gasteiger partial charge in [-0.3, -0.25) is 19.2 Å². The number of benzene rings is 1. The predicted molar refractivity (Wildman–Crippen MR) is 133 cm³/mol. The van der Waals surface area contributed by atoms with Gasteiger partial charge >= 0.3 is 5.97 Å². The Morgan fingerprint density at radius 1 is 1.06 bits per heavy atom.